The number of thioether (sulfide) groups is 1. The Bertz CT molecular complexity index is 1410. The zero-order valence-electron chi connectivity index (χ0n) is 20.2. The van der Waals surface area contributed by atoms with Crippen LogP contribution < -0.4 is 10.3 Å². The minimum absolute atomic E-state index is 0.197. The summed E-state index contributed by atoms with van der Waals surface area (Å²) in [7, 11) is 0. The van der Waals surface area contributed by atoms with Gasteiger partial charge in [0.05, 0.1) is 23.7 Å². The number of nitrogens with zero attached hydrogens (tertiary/aromatic N) is 3. The first-order valence-corrected chi connectivity index (χ1v) is 12.6. The van der Waals surface area contributed by atoms with Crippen LogP contribution in [0.5, 0.6) is 5.75 Å². The Balaban J connectivity index is 1.94. The average Bonchev–Trinajstić information content (AvgIpc) is 2.84. The molecule has 1 heterocycles. The zero-order chi connectivity index (χ0) is 24.2. The van der Waals surface area contributed by atoms with Crippen molar-refractivity contribution in [1.82, 2.24) is 9.66 Å². The molecule has 6 heteroatoms. The van der Waals surface area contributed by atoms with E-state index in [2.05, 4.69) is 25.0 Å². The van der Waals surface area contributed by atoms with Crippen molar-refractivity contribution in [3.8, 4) is 17.1 Å². The van der Waals surface area contributed by atoms with Crippen LogP contribution in [0.15, 0.2) is 75.5 Å². The maximum Gasteiger partial charge on any atom is 0.282 e. The van der Waals surface area contributed by atoms with E-state index in [-0.39, 0.29) is 11.5 Å². The number of para-hydroxylation sites is 1. The van der Waals surface area contributed by atoms with Gasteiger partial charge >= 0.3 is 0 Å². The van der Waals surface area contributed by atoms with Gasteiger partial charge in [0.1, 0.15) is 5.75 Å². The van der Waals surface area contributed by atoms with E-state index in [4.69, 9.17) is 9.72 Å². The van der Waals surface area contributed by atoms with Gasteiger partial charge in [0.2, 0.25) is 0 Å². The van der Waals surface area contributed by atoms with Crippen LogP contribution in [0.1, 0.15) is 43.4 Å². The summed E-state index contributed by atoms with van der Waals surface area (Å²) in [5, 5.41) is 5.15. The molecule has 5 nitrogen and oxygen atoms in total. The first-order valence-electron chi connectivity index (χ1n) is 11.4. The van der Waals surface area contributed by atoms with E-state index in [1.807, 2.05) is 68.6 Å². The third-order valence-corrected chi connectivity index (χ3v) is 6.46. The van der Waals surface area contributed by atoms with Crippen LogP contribution in [-0.4, -0.2) is 28.7 Å². The van der Waals surface area contributed by atoms with Crippen molar-refractivity contribution in [3.63, 3.8) is 0 Å². The van der Waals surface area contributed by atoms with E-state index in [9.17, 15) is 4.79 Å². The molecule has 1 aromatic heterocycles. The molecule has 0 radical (unpaired) electrons. The summed E-state index contributed by atoms with van der Waals surface area (Å²) in [4.78, 5) is 19.6. The molecule has 0 saturated carbocycles. The van der Waals surface area contributed by atoms with Gasteiger partial charge in [-0.15, -0.1) is 11.8 Å². The van der Waals surface area contributed by atoms with Crippen molar-refractivity contribution >= 4 is 28.9 Å². The van der Waals surface area contributed by atoms with Gasteiger partial charge in [0.25, 0.3) is 5.56 Å². The number of ether oxygens (including phenoxy) is 1. The molecule has 0 saturated heterocycles. The second kappa shape index (κ2) is 10.3. The molecule has 0 bridgehead atoms. The number of rotatable bonds is 7. The summed E-state index contributed by atoms with van der Waals surface area (Å²) in [5.41, 5.74) is 4.28. The second-order valence-corrected chi connectivity index (χ2v) is 9.26. The molecule has 0 spiro atoms. The smallest absolute Gasteiger partial charge is 0.282 e. The van der Waals surface area contributed by atoms with Crippen LogP contribution in [0.25, 0.3) is 22.3 Å². The van der Waals surface area contributed by atoms with E-state index >= 15 is 0 Å². The molecule has 4 aromatic rings. The van der Waals surface area contributed by atoms with Crippen molar-refractivity contribution in [2.45, 2.75) is 38.5 Å². The van der Waals surface area contributed by atoms with Gasteiger partial charge in [0, 0.05) is 10.5 Å². The summed E-state index contributed by atoms with van der Waals surface area (Å²) in [6, 6.07) is 19.6. The molecule has 0 unspecified atom stereocenters. The number of benzene rings is 3. The fourth-order valence-corrected chi connectivity index (χ4v) is 4.30. The number of hydrogen-bond acceptors (Lipinski definition) is 5. The Labute approximate surface area is 204 Å². The second-order valence-electron chi connectivity index (χ2n) is 8.38. The maximum atomic E-state index is 13.5. The molecule has 0 atom stereocenters. The Morgan fingerprint density at radius 1 is 1.12 bits per heavy atom. The number of fused-ring (bicyclic) bond motifs is 1. The van der Waals surface area contributed by atoms with Crippen LogP contribution in [0.4, 0.5) is 0 Å². The number of hydrogen-bond donors (Lipinski definition) is 0. The summed E-state index contributed by atoms with van der Waals surface area (Å²) in [6.45, 7) is 8.86. The summed E-state index contributed by atoms with van der Waals surface area (Å²) in [5.74, 6) is 1.63. The van der Waals surface area contributed by atoms with Crippen molar-refractivity contribution in [1.29, 1.82) is 0 Å². The van der Waals surface area contributed by atoms with Crippen molar-refractivity contribution in [2.24, 2.45) is 5.10 Å². The lowest BCUT2D eigenvalue weighted by Crippen LogP contribution is -2.20. The summed E-state index contributed by atoms with van der Waals surface area (Å²) >= 11 is 1.69. The maximum absolute atomic E-state index is 13.5. The zero-order valence-corrected chi connectivity index (χ0v) is 21.0. The molecule has 0 fully saturated rings. The lowest BCUT2D eigenvalue weighted by molar-refractivity contribution is 0.335. The predicted octanol–water partition coefficient (Wildman–Crippen LogP) is 6.50. The number of aryl methyl sites for hydroxylation is 1. The van der Waals surface area contributed by atoms with Crippen LogP contribution in [0, 0.1) is 6.92 Å². The van der Waals surface area contributed by atoms with Gasteiger partial charge in [-0.05, 0) is 79.1 Å². The molecule has 0 aliphatic carbocycles. The van der Waals surface area contributed by atoms with E-state index in [1.54, 1.807) is 24.0 Å². The van der Waals surface area contributed by atoms with Crippen molar-refractivity contribution in [2.75, 3.05) is 12.9 Å². The fraction of sp³-hybridized carbons (Fsp3) is 0.250. The predicted molar refractivity (Wildman–Crippen MR) is 143 cm³/mol. The molecule has 34 heavy (non-hydrogen) atoms. The van der Waals surface area contributed by atoms with E-state index < -0.39 is 0 Å². The lowest BCUT2D eigenvalue weighted by atomic mass is 9.96. The highest BCUT2D eigenvalue weighted by Crippen LogP contribution is 2.34. The van der Waals surface area contributed by atoms with Crippen LogP contribution >= 0.6 is 11.8 Å². The average molecular weight is 472 g/mol. The molecule has 0 aliphatic heterocycles. The van der Waals surface area contributed by atoms with Crippen LogP contribution in [0.2, 0.25) is 0 Å². The van der Waals surface area contributed by atoms with Gasteiger partial charge in [-0.3, -0.25) is 4.79 Å². The molecule has 4 rings (SSSR count). The molecule has 174 valence electrons. The molecular formula is C28H29N3O2S. The molecule has 0 aliphatic rings. The highest BCUT2D eigenvalue weighted by molar-refractivity contribution is 7.98. The SMILES string of the molecule is CCOc1cc(C)c(-c2nc3ccccc3c(=O)n2N=Cc2ccc(SC)cc2)cc1C(C)C. The van der Waals surface area contributed by atoms with Gasteiger partial charge in [-0.1, -0.05) is 38.1 Å². The van der Waals surface area contributed by atoms with Gasteiger partial charge < -0.3 is 4.74 Å². The first-order chi connectivity index (χ1) is 16.4. The van der Waals surface area contributed by atoms with E-state index in [0.29, 0.717) is 23.3 Å². The van der Waals surface area contributed by atoms with Gasteiger partial charge in [-0.25, -0.2) is 4.98 Å². The Morgan fingerprint density at radius 2 is 1.85 bits per heavy atom. The Hall–Kier alpha value is -3.38. The van der Waals surface area contributed by atoms with Crippen LogP contribution in [0.3, 0.4) is 0 Å². The minimum atomic E-state index is -0.197. The third kappa shape index (κ3) is 4.77. The van der Waals surface area contributed by atoms with E-state index in [0.717, 1.165) is 28.0 Å². The molecular weight excluding hydrogens is 442 g/mol. The topological polar surface area (TPSA) is 56.5 Å². The number of aromatic nitrogens is 2. The first kappa shape index (κ1) is 23.8. The quantitative estimate of drug-likeness (QED) is 0.228. The molecule has 0 N–H and O–H groups in total. The minimum Gasteiger partial charge on any atom is -0.494 e. The normalized spacial score (nSPS) is 11.6. The van der Waals surface area contributed by atoms with Crippen molar-refractivity contribution in [3.05, 3.63) is 87.7 Å². The fourth-order valence-electron chi connectivity index (χ4n) is 3.89. The molecule has 0 amide bonds. The Kier molecular flexibility index (Phi) is 7.17. The third-order valence-electron chi connectivity index (χ3n) is 5.71. The van der Waals surface area contributed by atoms with Gasteiger partial charge in [-0.2, -0.15) is 9.78 Å². The van der Waals surface area contributed by atoms with Crippen molar-refractivity contribution < 1.29 is 4.74 Å². The lowest BCUT2D eigenvalue weighted by Gasteiger charge is -2.18. The molecule has 3 aromatic carbocycles. The standard InChI is InChI=1S/C28H29N3O2S/c1-6-33-26-15-19(4)24(16-23(26)18(2)3)27-30-25-10-8-7-9-22(25)28(32)31(27)29-17-20-11-13-21(34-5)14-12-20/h7-18H,6H2,1-5H3. The largest absolute Gasteiger partial charge is 0.494 e. The monoisotopic (exact) mass is 471 g/mol. The highest BCUT2D eigenvalue weighted by atomic mass is 32.2. The Morgan fingerprint density at radius 3 is 2.53 bits per heavy atom. The van der Waals surface area contributed by atoms with Crippen LogP contribution in [-0.2, 0) is 0 Å². The highest BCUT2D eigenvalue weighted by Gasteiger charge is 2.18. The summed E-state index contributed by atoms with van der Waals surface area (Å²) in [6.07, 6.45) is 3.75. The van der Waals surface area contributed by atoms with E-state index in [1.165, 1.54) is 9.57 Å². The van der Waals surface area contributed by atoms with Gasteiger partial charge in [0.15, 0.2) is 5.82 Å². The summed E-state index contributed by atoms with van der Waals surface area (Å²) < 4.78 is 7.31.